The van der Waals surface area contributed by atoms with E-state index in [0.29, 0.717) is 11.3 Å². The Morgan fingerprint density at radius 2 is 1.96 bits per heavy atom. The Morgan fingerprint density at radius 1 is 1.17 bits per heavy atom. The van der Waals surface area contributed by atoms with Crippen molar-refractivity contribution in [2.24, 2.45) is 0 Å². The number of hydrogen-bond donors (Lipinski definition) is 2. The molecule has 6 heteroatoms. The van der Waals surface area contributed by atoms with Gasteiger partial charge in [0, 0.05) is 6.54 Å². The van der Waals surface area contributed by atoms with E-state index in [-0.39, 0.29) is 6.54 Å². The van der Waals surface area contributed by atoms with Crippen molar-refractivity contribution in [3.8, 4) is 0 Å². The predicted octanol–water partition coefficient (Wildman–Crippen LogP) is 3.03. The van der Waals surface area contributed by atoms with Crippen molar-refractivity contribution in [2.75, 3.05) is 6.54 Å². The van der Waals surface area contributed by atoms with Crippen molar-refractivity contribution >= 4 is 21.4 Å². The molecule has 1 aliphatic carbocycles. The van der Waals surface area contributed by atoms with Crippen LogP contribution in [-0.4, -0.2) is 20.1 Å². The summed E-state index contributed by atoms with van der Waals surface area (Å²) < 4.78 is 27.4. The van der Waals surface area contributed by atoms with Crippen LogP contribution in [-0.2, 0) is 22.9 Å². The van der Waals surface area contributed by atoms with E-state index in [1.165, 1.54) is 23.3 Å². The highest BCUT2D eigenvalue weighted by atomic mass is 32.2. The first-order chi connectivity index (χ1) is 11.1. The Kier molecular flexibility index (Phi) is 5.16. The van der Waals surface area contributed by atoms with Gasteiger partial charge in [0.2, 0.25) is 10.0 Å². The van der Waals surface area contributed by atoms with Gasteiger partial charge in [0.25, 0.3) is 0 Å². The van der Waals surface area contributed by atoms with Crippen molar-refractivity contribution in [1.29, 1.82) is 0 Å². The largest absolute Gasteiger partial charge is 0.388 e. The summed E-state index contributed by atoms with van der Waals surface area (Å²) in [4.78, 5) is 0.322. The lowest BCUT2D eigenvalue weighted by atomic mass is 9.92. The molecule has 0 saturated carbocycles. The van der Waals surface area contributed by atoms with Gasteiger partial charge in [-0.3, -0.25) is 0 Å². The molecule has 1 atom stereocenters. The maximum atomic E-state index is 12.4. The molecule has 0 bridgehead atoms. The molecule has 0 radical (unpaired) electrons. The lowest BCUT2D eigenvalue weighted by Crippen LogP contribution is -2.26. The third-order valence-electron chi connectivity index (χ3n) is 4.27. The molecule has 2 aromatic rings. The number of nitrogens with one attached hydrogen (secondary N) is 1. The molecule has 23 heavy (non-hydrogen) atoms. The molecule has 3 rings (SSSR count). The number of aliphatic hydroxyl groups is 1. The highest BCUT2D eigenvalue weighted by Crippen LogP contribution is 2.24. The number of sulfonamides is 1. The molecule has 4 nitrogen and oxygen atoms in total. The quantitative estimate of drug-likeness (QED) is 0.841. The molecule has 1 heterocycles. The molecule has 1 unspecified atom stereocenters. The number of hydrogen-bond acceptors (Lipinski definition) is 4. The van der Waals surface area contributed by atoms with Gasteiger partial charge in [0.15, 0.2) is 0 Å². The molecule has 1 aromatic carbocycles. The van der Waals surface area contributed by atoms with Crippen LogP contribution < -0.4 is 4.72 Å². The van der Waals surface area contributed by atoms with Crippen LogP contribution in [0.2, 0.25) is 0 Å². The molecule has 0 fully saturated rings. The SMILES string of the molecule is O=S(=O)(NCCC(O)c1ccsc1)c1ccc2c(c1)CCCC2. The fourth-order valence-electron chi connectivity index (χ4n) is 2.92. The van der Waals surface area contributed by atoms with Gasteiger partial charge >= 0.3 is 0 Å². The minimum Gasteiger partial charge on any atom is -0.388 e. The van der Waals surface area contributed by atoms with Gasteiger partial charge in [-0.05, 0) is 77.8 Å². The van der Waals surface area contributed by atoms with E-state index in [1.807, 2.05) is 22.9 Å². The maximum Gasteiger partial charge on any atom is 0.240 e. The molecule has 0 amide bonds. The number of rotatable bonds is 6. The van der Waals surface area contributed by atoms with Crippen LogP contribution in [0.3, 0.4) is 0 Å². The van der Waals surface area contributed by atoms with Gasteiger partial charge in [-0.2, -0.15) is 11.3 Å². The molecule has 2 N–H and O–H groups in total. The highest BCUT2D eigenvalue weighted by Gasteiger charge is 2.18. The second kappa shape index (κ2) is 7.13. The summed E-state index contributed by atoms with van der Waals surface area (Å²) in [7, 11) is -3.52. The fourth-order valence-corrected chi connectivity index (χ4v) is 4.73. The van der Waals surface area contributed by atoms with E-state index >= 15 is 0 Å². The highest BCUT2D eigenvalue weighted by molar-refractivity contribution is 7.89. The van der Waals surface area contributed by atoms with Crippen LogP contribution in [0.25, 0.3) is 0 Å². The van der Waals surface area contributed by atoms with E-state index in [4.69, 9.17) is 0 Å². The Bertz CT molecular complexity index is 754. The minimum absolute atomic E-state index is 0.219. The molecule has 0 saturated heterocycles. The lowest BCUT2D eigenvalue weighted by molar-refractivity contribution is 0.169. The van der Waals surface area contributed by atoms with Gasteiger partial charge in [-0.15, -0.1) is 0 Å². The van der Waals surface area contributed by atoms with Gasteiger partial charge < -0.3 is 5.11 Å². The molecule has 1 aliphatic rings. The first-order valence-corrected chi connectivity index (χ1v) is 10.3. The fraction of sp³-hybridized carbons (Fsp3) is 0.412. The molecule has 1 aromatic heterocycles. The minimum atomic E-state index is -3.52. The zero-order valence-corrected chi connectivity index (χ0v) is 14.5. The average Bonchev–Trinajstić information content (AvgIpc) is 3.08. The number of fused-ring (bicyclic) bond motifs is 1. The number of aryl methyl sites for hydroxylation is 2. The summed E-state index contributed by atoms with van der Waals surface area (Å²) in [5, 5.41) is 13.8. The Morgan fingerprint density at radius 3 is 2.70 bits per heavy atom. The van der Waals surface area contributed by atoms with Gasteiger partial charge in [-0.1, -0.05) is 6.07 Å². The van der Waals surface area contributed by atoms with Crippen molar-refractivity contribution in [1.82, 2.24) is 4.72 Å². The van der Waals surface area contributed by atoms with Crippen molar-refractivity contribution in [3.05, 3.63) is 51.7 Å². The molecule has 124 valence electrons. The summed E-state index contributed by atoms with van der Waals surface area (Å²) in [5.41, 5.74) is 3.25. The van der Waals surface area contributed by atoms with E-state index in [2.05, 4.69) is 4.72 Å². The zero-order chi connectivity index (χ0) is 16.3. The van der Waals surface area contributed by atoms with E-state index in [1.54, 1.807) is 12.1 Å². The molecular formula is C17H21NO3S2. The monoisotopic (exact) mass is 351 g/mol. The average molecular weight is 351 g/mol. The number of aliphatic hydroxyl groups excluding tert-OH is 1. The van der Waals surface area contributed by atoms with Crippen LogP contribution in [0.1, 0.15) is 42.1 Å². The lowest BCUT2D eigenvalue weighted by Gasteiger charge is -2.17. The summed E-state index contributed by atoms with van der Waals surface area (Å²) in [6.45, 7) is 0.219. The van der Waals surface area contributed by atoms with Gasteiger partial charge in [0.1, 0.15) is 0 Å². The topological polar surface area (TPSA) is 66.4 Å². The Labute approximate surface area is 141 Å². The third-order valence-corrected chi connectivity index (χ3v) is 6.43. The summed E-state index contributed by atoms with van der Waals surface area (Å²) in [6.07, 6.45) is 4.02. The Hall–Kier alpha value is -1.21. The third kappa shape index (κ3) is 4.01. The van der Waals surface area contributed by atoms with Crippen LogP contribution in [0, 0.1) is 0 Å². The second-order valence-electron chi connectivity index (χ2n) is 5.90. The van der Waals surface area contributed by atoms with Crippen molar-refractivity contribution in [2.45, 2.75) is 43.1 Å². The summed E-state index contributed by atoms with van der Waals surface area (Å²) >= 11 is 1.52. The summed E-state index contributed by atoms with van der Waals surface area (Å²) in [6, 6.07) is 7.27. The van der Waals surface area contributed by atoms with Crippen LogP contribution in [0.15, 0.2) is 39.9 Å². The van der Waals surface area contributed by atoms with E-state index < -0.39 is 16.1 Å². The van der Waals surface area contributed by atoms with Crippen LogP contribution in [0.5, 0.6) is 0 Å². The van der Waals surface area contributed by atoms with Crippen molar-refractivity contribution in [3.63, 3.8) is 0 Å². The second-order valence-corrected chi connectivity index (χ2v) is 8.44. The molecule has 0 spiro atoms. The maximum absolute atomic E-state index is 12.4. The van der Waals surface area contributed by atoms with Crippen LogP contribution in [0.4, 0.5) is 0 Å². The van der Waals surface area contributed by atoms with Gasteiger partial charge in [0.05, 0.1) is 11.0 Å². The van der Waals surface area contributed by atoms with Crippen LogP contribution >= 0.6 is 11.3 Å². The summed E-state index contributed by atoms with van der Waals surface area (Å²) in [5.74, 6) is 0. The Balaban J connectivity index is 1.63. The normalized spacial score (nSPS) is 16.0. The first kappa shape index (κ1) is 16.6. The number of thiophene rings is 1. The zero-order valence-electron chi connectivity index (χ0n) is 12.9. The predicted molar refractivity (Wildman–Crippen MR) is 92.2 cm³/mol. The number of benzene rings is 1. The standard InChI is InChI=1S/C17H21NO3S2/c19-17(15-8-10-22-12-15)7-9-18-23(20,21)16-6-5-13-3-1-2-4-14(13)11-16/h5-6,8,10-12,17-19H,1-4,7,9H2. The molecule has 0 aliphatic heterocycles. The van der Waals surface area contributed by atoms with E-state index in [9.17, 15) is 13.5 Å². The smallest absolute Gasteiger partial charge is 0.240 e. The van der Waals surface area contributed by atoms with Crippen molar-refractivity contribution < 1.29 is 13.5 Å². The van der Waals surface area contributed by atoms with E-state index in [0.717, 1.165) is 30.4 Å². The molecular weight excluding hydrogens is 330 g/mol. The van der Waals surface area contributed by atoms with Gasteiger partial charge in [-0.25, -0.2) is 13.1 Å². The first-order valence-electron chi connectivity index (χ1n) is 7.88.